The summed E-state index contributed by atoms with van der Waals surface area (Å²) in [6, 6.07) is 3.70. The molecule has 0 amide bonds. The van der Waals surface area contributed by atoms with Crippen LogP contribution < -0.4 is 0 Å². The lowest BCUT2D eigenvalue weighted by atomic mass is 10.6. The molecule has 0 radical (unpaired) electrons. The lowest BCUT2D eigenvalue weighted by molar-refractivity contribution is 0.583. The van der Waals surface area contributed by atoms with E-state index in [9.17, 15) is 4.55 Å². The Morgan fingerprint density at radius 1 is 1.60 bits per heavy atom. The van der Waals surface area contributed by atoms with Crippen molar-refractivity contribution >= 4 is 11.2 Å². The summed E-state index contributed by atoms with van der Waals surface area (Å²) in [4.78, 5) is 2.92. The summed E-state index contributed by atoms with van der Waals surface area (Å²) in [5.74, 6) is 0. The largest absolute Gasteiger partial charge is 0.610 e. The van der Waals surface area contributed by atoms with E-state index in [-0.39, 0.29) is 5.25 Å². The molecule has 2 nitrogen and oxygen atoms in total. The monoisotopic (exact) mass is 157 g/mol. The number of aromatic amines is 1. The molecule has 0 saturated heterocycles. The second-order valence-electron chi connectivity index (χ2n) is 2.38. The van der Waals surface area contributed by atoms with Crippen LogP contribution in [0.1, 0.15) is 13.8 Å². The van der Waals surface area contributed by atoms with E-state index in [1.165, 1.54) is 0 Å². The molecular weight excluding hydrogens is 146 g/mol. The highest BCUT2D eigenvalue weighted by molar-refractivity contribution is 7.91. The fourth-order valence-electron chi connectivity index (χ4n) is 0.693. The molecule has 0 aliphatic carbocycles. The average Bonchev–Trinajstić information content (AvgIpc) is 2.36. The molecule has 1 rings (SSSR count). The number of hydrogen-bond acceptors (Lipinski definition) is 1. The predicted molar refractivity (Wildman–Crippen MR) is 42.3 cm³/mol. The Labute approximate surface area is 63.8 Å². The van der Waals surface area contributed by atoms with Gasteiger partial charge in [-0.25, -0.2) is 0 Å². The van der Waals surface area contributed by atoms with Crippen molar-refractivity contribution in [3.05, 3.63) is 18.3 Å². The lowest BCUT2D eigenvalue weighted by Crippen LogP contribution is -2.14. The molecule has 0 aromatic carbocycles. The van der Waals surface area contributed by atoms with Gasteiger partial charge in [-0.15, -0.1) is 0 Å². The topological polar surface area (TPSA) is 38.8 Å². The van der Waals surface area contributed by atoms with Crippen LogP contribution in [0.5, 0.6) is 0 Å². The second kappa shape index (κ2) is 3.12. The second-order valence-corrected chi connectivity index (χ2v) is 4.36. The maximum Gasteiger partial charge on any atom is 0.222 e. The van der Waals surface area contributed by atoms with Crippen molar-refractivity contribution < 1.29 is 4.55 Å². The van der Waals surface area contributed by atoms with Gasteiger partial charge in [0.15, 0.2) is 0 Å². The fourth-order valence-corrected chi connectivity index (χ4v) is 1.60. The summed E-state index contributed by atoms with van der Waals surface area (Å²) in [6.45, 7) is 3.88. The van der Waals surface area contributed by atoms with Gasteiger partial charge in [0.25, 0.3) is 0 Å². The van der Waals surface area contributed by atoms with E-state index in [0.29, 0.717) is 0 Å². The van der Waals surface area contributed by atoms with Gasteiger partial charge in [-0.1, -0.05) is 0 Å². The third-order valence-corrected chi connectivity index (χ3v) is 2.76. The Bertz CT molecular complexity index is 183. The van der Waals surface area contributed by atoms with Crippen LogP contribution in [0.3, 0.4) is 0 Å². The van der Waals surface area contributed by atoms with Gasteiger partial charge in [0, 0.05) is 23.4 Å². The van der Waals surface area contributed by atoms with Crippen molar-refractivity contribution in [2.24, 2.45) is 0 Å². The van der Waals surface area contributed by atoms with Crippen LogP contribution in [0.15, 0.2) is 23.4 Å². The Balaban J connectivity index is 2.68. The van der Waals surface area contributed by atoms with Gasteiger partial charge < -0.3 is 9.54 Å². The summed E-state index contributed by atoms with van der Waals surface area (Å²) in [5, 5.41) is 1.01. The van der Waals surface area contributed by atoms with Crippen LogP contribution in [0.4, 0.5) is 0 Å². The molecule has 0 aliphatic heterocycles. The molecule has 1 aromatic rings. The smallest absolute Gasteiger partial charge is 0.222 e. The van der Waals surface area contributed by atoms with Crippen LogP contribution >= 0.6 is 0 Å². The van der Waals surface area contributed by atoms with Crippen molar-refractivity contribution in [3.8, 4) is 0 Å². The van der Waals surface area contributed by atoms with Crippen LogP contribution in [-0.2, 0) is 11.2 Å². The zero-order valence-corrected chi connectivity index (χ0v) is 6.94. The van der Waals surface area contributed by atoms with Gasteiger partial charge in [-0.2, -0.15) is 0 Å². The Kier molecular flexibility index (Phi) is 2.40. The summed E-state index contributed by atoms with van der Waals surface area (Å²) in [5.41, 5.74) is 0. The average molecular weight is 157 g/mol. The minimum absolute atomic E-state index is 0.193. The van der Waals surface area contributed by atoms with Gasteiger partial charge in [0.1, 0.15) is 5.25 Å². The van der Waals surface area contributed by atoms with E-state index in [1.54, 1.807) is 6.20 Å². The normalized spacial score (nSPS) is 14.0. The highest BCUT2D eigenvalue weighted by atomic mass is 32.2. The van der Waals surface area contributed by atoms with E-state index in [2.05, 4.69) is 4.98 Å². The van der Waals surface area contributed by atoms with E-state index < -0.39 is 11.2 Å². The zero-order chi connectivity index (χ0) is 7.56. The number of H-pyrrole nitrogens is 1. The van der Waals surface area contributed by atoms with Crippen LogP contribution in [0, 0.1) is 0 Å². The van der Waals surface area contributed by atoms with Crippen molar-refractivity contribution in [2.45, 2.75) is 24.1 Å². The first-order chi connectivity index (χ1) is 4.72. The van der Waals surface area contributed by atoms with E-state index in [1.807, 2.05) is 26.0 Å². The fraction of sp³-hybridized carbons (Fsp3) is 0.429. The molecule has 0 spiro atoms. The third kappa shape index (κ3) is 1.55. The molecule has 56 valence electrons. The summed E-state index contributed by atoms with van der Waals surface area (Å²) in [7, 11) is 0. The molecule has 0 fully saturated rings. The predicted octanol–water partition coefficient (Wildman–Crippen LogP) is 1.53. The molecule has 3 heteroatoms. The van der Waals surface area contributed by atoms with Gasteiger partial charge in [0.2, 0.25) is 5.03 Å². The van der Waals surface area contributed by atoms with Gasteiger partial charge >= 0.3 is 0 Å². The van der Waals surface area contributed by atoms with E-state index in [0.717, 1.165) is 5.03 Å². The Hall–Kier alpha value is -0.410. The highest BCUT2D eigenvalue weighted by Crippen LogP contribution is 2.11. The van der Waals surface area contributed by atoms with E-state index >= 15 is 0 Å². The van der Waals surface area contributed by atoms with Gasteiger partial charge in [0.05, 0.1) is 0 Å². The van der Waals surface area contributed by atoms with Gasteiger partial charge in [-0.3, -0.25) is 0 Å². The zero-order valence-electron chi connectivity index (χ0n) is 6.13. The molecule has 0 aliphatic rings. The third-order valence-electron chi connectivity index (χ3n) is 1.21. The summed E-state index contributed by atoms with van der Waals surface area (Å²) >= 11 is -0.860. The molecule has 10 heavy (non-hydrogen) atoms. The lowest BCUT2D eigenvalue weighted by Gasteiger charge is -2.10. The van der Waals surface area contributed by atoms with Crippen LogP contribution in [0.2, 0.25) is 0 Å². The minimum Gasteiger partial charge on any atom is -0.610 e. The molecule has 1 N–H and O–H groups in total. The highest BCUT2D eigenvalue weighted by Gasteiger charge is 2.14. The molecule has 1 unspecified atom stereocenters. The van der Waals surface area contributed by atoms with Crippen LogP contribution in [0.25, 0.3) is 0 Å². The SMILES string of the molecule is CC(C)[S+]([O-])c1ccc[nH]1. The number of hydrogen-bond donors (Lipinski definition) is 1. The minimum atomic E-state index is -0.860. The summed E-state index contributed by atoms with van der Waals surface area (Å²) < 4.78 is 11.3. The molecule has 1 heterocycles. The first kappa shape index (κ1) is 7.69. The van der Waals surface area contributed by atoms with Crippen molar-refractivity contribution in [1.29, 1.82) is 0 Å². The van der Waals surface area contributed by atoms with Crippen molar-refractivity contribution in [3.63, 3.8) is 0 Å². The quantitative estimate of drug-likeness (QED) is 0.650. The van der Waals surface area contributed by atoms with E-state index in [4.69, 9.17) is 0 Å². The molecule has 0 saturated carbocycles. The standard InChI is InChI=1S/C7H11NOS/c1-6(2)10(9)7-4-3-5-8-7/h3-6,8H,1-2H3. The maximum atomic E-state index is 11.3. The number of nitrogens with one attached hydrogen (secondary N) is 1. The number of rotatable bonds is 2. The molecule has 0 bridgehead atoms. The summed E-state index contributed by atoms with van der Waals surface area (Å²) in [6.07, 6.45) is 1.79. The first-order valence-electron chi connectivity index (χ1n) is 3.26. The van der Waals surface area contributed by atoms with Crippen molar-refractivity contribution in [1.82, 2.24) is 4.98 Å². The van der Waals surface area contributed by atoms with Gasteiger partial charge in [-0.05, 0) is 19.9 Å². The molecule has 1 aromatic heterocycles. The van der Waals surface area contributed by atoms with Crippen LogP contribution in [-0.4, -0.2) is 14.8 Å². The first-order valence-corrected chi connectivity index (χ1v) is 4.47. The molecular formula is C7H11NOS. The maximum absolute atomic E-state index is 11.3. The Morgan fingerprint density at radius 2 is 2.30 bits per heavy atom. The van der Waals surface area contributed by atoms with Crippen molar-refractivity contribution in [2.75, 3.05) is 0 Å². The number of aromatic nitrogens is 1. The Morgan fingerprint density at radius 3 is 2.70 bits per heavy atom. The molecule has 1 atom stereocenters.